The zero-order chi connectivity index (χ0) is 19.3. The van der Waals surface area contributed by atoms with Gasteiger partial charge >= 0.3 is 0 Å². The number of thioether (sulfide) groups is 2. The summed E-state index contributed by atoms with van der Waals surface area (Å²) in [6, 6.07) is 6.32. The molecule has 0 spiro atoms. The zero-order valence-corrected chi connectivity index (χ0v) is 18.3. The van der Waals surface area contributed by atoms with Gasteiger partial charge in [0, 0.05) is 17.9 Å². The van der Waals surface area contributed by atoms with Crippen LogP contribution in [0.4, 0.5) is 0 Å². The Hall–Kier alpha value is -1.47. The maximum Gasteiger partial charge on any atom is 0.166 e. The fourth-order valence-electron chi connectivity index (χ4n) is 2.58. The maximum absolute atomic E-state index is 4.55. The molecule has 27 heavy (non-hydrogen) atoms. The molecule has 1 aromatic carbocycles. The normalized spacial score (nSPS) is 10.8. The predicted octanol–water partition coefficient (Wildman–Crippen LogP) is 5.64. The maximum atomic E-state index is 4.55. The summed E-state index contributed by atoms with van der Waals surface area (Å²) >= 11 is 3.78. The summed E-state index contributed by atoms with van der Waals surface area (Å²) < 4.78 is 0. The molecule has 0 unspecified atom stereocenters. The first-order valence-corrected chi connectivity index (χ1v) is 11.9. The summed E-state index contributed by atoms with van der Waals surface area (Å²) in [5, 5.41) is 7.68. The molecular formula is C20H31N5S2. The van der Waals surface area contributed by atoms with Gasteiger partial charge in [-0.2, -0.15) is 16.9 Å². The number of nitrogens with zero attached hydrogens (tertiary/aromatic N) is 3. The van der Waals surface area contributed by atoms with Crippen molar-refractivity contribution in [1.29, 1.82) is 0 Å². The molecule has 2 aromatic heterocycles. The van der Waals surface area contributed by atoms with Crippen LogP contribution in [-0.2, 0) is 6.42 Å². The largest absolute Gasteiger partial charge is 0.333 e. The molecule has 0 fully saturated rings. The Balaban J connectivity index is 0.000000208. The van der Waals surface area contributed by atoms with Crippen molar-refractivity contribution < 1.29 is 0 Å². The van der Waals surface area contributed by atoms with E-state index in [4.69, 9.17) is 0 Å². The third-order valence-corrected chi connectivity index (χ3v) is 6.05. The van der Waals surface area contributed by atoms with E-state index < -0.39 is 0 Å². The van der Waals surface area contributed by atoms with Crippen molar-refractivity contribution in [2.24, 2.45) is 0 Å². The fourth-order valence-corrected chi connectivity index (χ4v) is 4.21. The average Bonchev–Trinajstić information content (AvgIpc) is 3.32. The molecule has 0 saturated carbocycles. The van der Waals surface area contributed by atoms with Crippen LogP contribution in [0, 0.1) is 6.92 Å². The molecule has 7 heteroatoms. The highest BCUT2D eigenvalue weighted by Gasteiger charge is 2.02. The number of hydrogen-bond acceptors (Lipinski definition) is 5. The second-order valence-electron chi connectivity index (χ2n) is 6.35. The summed E-state index contributed by atoms with van der Waals surface area (Å²) in [5.74, 6) is 4.52. The molecule has 5 nitrogen and oxygen atoms in total. The van der Waals surface area contributed by atoms with Gasteiger partial charge in [0.15, 0.2) is 5.16 Å². The molecular weight excluding hydrogens is 374 g/mol. The summed E-state index contributed by atoms with van der Waals surface area (Å²) in [4.78, 5) is 12.0. The standard InChI is InChI=1S/C12H16N2S2.C8H15N3/c1-3-15-6-7-16-12-13-10-5-4-9(2)8-11(10)14-12;1-2-3-4-5-6-8-9-7-10-11-8/h4-5,8H,3,6-7H2,1-2H3,(H,13,14);7H,2-6H2,1H3,(H,9,10,11). The van der Waals surface area contributed by atoms with E-state index in [-0.39, 0.29) is 0 Å². The van der Waals surface area contributed by atoms with Crippen LogP contribution in [0.15, 0.2) is 29.7 Å². The van der Waals surface area contributed by atoms with Crippen LogP contribution < -0.4 is 0 Å². The number of H-pyrrole nitrogens is 2. The van der Waals surface area contributed by atoms with Gasteiger partial charge in [0.25, 0.3) is 0 Å². The molecule has 0 radical (unpaired) electrons. The van der Waals surface area contributed by atoms with Gasteiger partial charge in [-0.15, -0.1) is 0 Å². The number of unbranched alkanes of at least 4 members (excludes halogenated alkanes) is 3. The number of nitrogens with one attached hydrogen (secondary N) is 2. The van der Waals surface area contributed by atoms with E-state index >= 15 is 0 Å². The van der Waals surface area contributed by atoms with Crippen LogP contribution >= 0.6 is 23.5 Å². The molecule has 2 heterocycles. The highest BCUT2D eigenvalue weighted by Crippen LogP contribution is 2.21. The molecule has 3 rings (SSSR count). The summed E-state index contributed by atoms with van der Waals surface area (Å²) in [6.07, 6.45) is 7.75. The number of aromatic amines is 2. The summed E-state index contributed by atoms with van der Waals surface area (Å²) in [5.41, 5.74) is 3.48. The van der Waals surface area contributed by atoms with Crippen molar-refractivity contribution in [3.05, 3.63) is 35.9 Å². The first-order valence-electron chi connectivity index (χ1n) is 9.74. The number of rotatable bonds is 10. The molecule has 148 valence electrons. The molecule has 0 aliphatic carbocycles. The third-order valence-electron chi connectivity index (χ3n) is 4.02. The van der Waals surface area contributed by atoms with E-state index in [1.165, 1.54) is 42.8 Å². The number of aromatic nitrogens is 5. The lowest BCUT2D eigenvalue weighted by molar-refractivity contribution is 0.653. The van der Waals surface area contributed by atoms with Crippen LogP contribution in [0.3, 0.4) is 0 Å². The zero-order valence-electron chi connectivity index (χ0n) is 16.6. The highest BCUT2D eigenvalue weighted by molar-refractivity contribution is 8.02. The van der Waals surface area contributed by atoms with Gasteiger partial charge in [0.2, 0.25) is 0 Å². The van der Waals surface area contributed by atoms with Gasteiger partial charge < -0.3 is 4.98 Å². The van der Waals surface area contributed by atoms with Crippen molar-refractivity contribution in [3.8, 4) is 0 Å². The Labute approximate surface area is 170 Å². The number of imidazole rings is 1. The van der Waals surface area contributed by atoms with E-state index in [9.17, 15) is 0 Å². The lowest BCUT2D eigenvalue weighted by Gasteiger charge is -1.95. The first kappa shape index (κ1) is 21.8. The molecule has 0 aliphatic heterocycles. The minimum atomic E-state index is 1.01. The second kappa shape index (κ2) is 12.8. The van der Waals surface area contributed by atoms with Crippen molar-refractivity contribution in [2.75, 3.05) is 17.3 Å². The van der Waals surface area contributed by atoms with Crippen molar-refractivity contribution in [3.63, 3.8) is 0 Å². The molecule has 0 atom stereocenters. The Morgan fingerprint density at radius 2 is 1.96 bits per heavy atom. The summed E-state index contributed by atoms with van der Waals surface area (Å²) in [6.45, 7) is 6.51. The lowest BCUT2D eigenvalue weighted by atomic mass is 10.1. The molecule has 0 aliphatic rings. The Morgan fingerprint density at radius 3 is 2.70 bits per heavy atom. The van der Waals surface area contributed by atoms with Gasteiger partial charge in [0.1, 0.15) is 12.2 Å². The van der Waals surface area contributed by atoms with E-state index in [1.54, 1.807) is 18.1 Å². The lowest BCUT2D eigenvalue weighted by Crippen LogP contribution is -1.88. The number of fused-ring (bicyclic) bond motifs is 1. The average molecular weight is 406 g/mol. The quantitative estimate of drug-likeness (QED) is 0.337. The van der Waals surface area contributed by atoms with Gasteiger partial charge in [-0.25, -0.2) is 9.97 Å². The third kappa shape index (κ3) is 8.39. The van der Waals surface area contributed by atoms with E-state index in [0.717, 1.165) is 34.2 Å². The number of hydrogen-bond donors (Lipinski definition) is 2. The molecule has 0 saturated heterocycles. The van der Waals surface area contributed by atoms with E-state index in [0.29, 0.717) is 0 Å². The van der Waals surface area contributed by atoms with Crippen molar-refractivity contribution in [1.82, 2.24) is 25.1 Å². The minimum absolute atomic E-state index is 1.01. The van der Waals surface area contributed by atoms with Crippen LogP contribution in [0.1, 0.15) is 50.9 Å². The highest BCUT2D eigenvalue weighted by atomic mass is 32.2. The van der Waals surface area contributed by atoms with Gasteiger partial charge in [-0.3, -0.25) is 5.10 Å². The van der Waals surface area contributed by atoms with Crippen LogP contribution in [-0.4, -0.2) is 42.4 Å². The number of benzene rings is 1. The Bertz CT molecular complexity index is 755. The van der Waals surface area contributed by atoms with E-state index in [2.05, 4.69) is 64.1 Å². The Morgan fingerprint density at radius 1 is 1.07 bits per heavy atom. The monoisotopic (exact) mass is 405 g/mol. The number of aryl methyl sites for hydroxylation is 2. The van der Waals surface area contributed by atoms with Crippen LogP contribution in [0.2, 0.25) is 0 Å². The van der Waals surface area contributed by atoms with Crippen LogP contribution in [0.5, 0.6) is 0 Å². The molecule has 3 aromatic rings. The van der Waals surface area contributed by atoms with Crippen molar-refractivity contribution >= 4 is 34.6 Å². The van der Waals surface area contributed by atoms with Gasteiger partial charge in [-0.05, 0) is 36.8 Å². The van der Waals surface area contributed by atoms with E-state index in [1.807, 2.05) is 11.8 Å². The predicted molar refractivity (Wildman–Crippen MR) is 119 cm³/mol. The minimum Gasteiger partial charge on any atom is -0.333 e. The Kier molecular flexibility index (Phi) is 10.4. The summed E-state index contributed by atoms with van der Waals surface area (Å²) in [7, 11) is 0. The van der Waals surface area contributed by atoms with Crippen molar-refractivity contribution in [2.45, 2.75) is 58.0 Å². The van der Waals surface area contributed by atoms with Crippen LogP contribution in [0.25, 0.3) is 11.0 Å². The molecule has 0 bridgehead atoms. The fraction of sp³-hybridized carbons (Fsp3) is 0.550. The topological polar surface area (TPSA) is 70.2 Å². The molecule has 0 amide bonds. The van der Waals surface area contributed by atoms with Gasteiger partial charge in [-0.1, -0.05) is 50.9 Å². The second-order valence-corrected chi connectivity index (χ2v) is 8.83. The van der Waals surface area contributed by atoms with Gasteiger partial charge in [0.05, 0.1) is 11.0 Å². The SMILES string of the molecule is CCCCCCc1ncn[nH]1.CCSCCSc1nc2ccc(C)cc2[nH]1. The molecule has 2 N–H and O–H groups in total. The smallest absolute Gasteiger partial charge is 0.166 e. The first-order chi connectivity index (χ1) is 13.2.